The molecule has 0 spiro atoms. The van der Waals surface area contributed by atoms with Crippen LogP contribution in [0.2, 0.25) is 0 Å². The van der Waals surface area contributed by atoms with Gasteiger partial charge in [-0.15, -0.1) is 0 Å². The second kappa shape index (κ2) is 4.07. The minimum Gasteiger partial charge on any atom is -0.327 e. The molecule has 0 unspecified atom stereocenters. The highest BCUT2D eigenvalue weighted by molar-refractivity contribution is 5.23. The monoisotopic (exact) mass is 194 g/mol. The van der Waals surface area contributed by atoms with Gasteiger partial charge in [-0.2, -0.15) is 0 Å². The number of halogens is 1. The Labute approximate surface area is 83.3 Å². The largest absolute Gasteiger partial charge is 0.327 e. The minimum absolute atomic E-state index is 0.189. The molecular weight excluding hydrogens is 179 g/mol. The van der Waals surface area contributed by atoms with Crippen LogP contribution in [0.1, 0.15) is 17.9 Å². The number of rotatable bonds is 1. The summed E-state index contributed by atoms with van der Waals surface area (Å²) in [5.74, 6) is 0.135. The molecule has 0 saturated carbocycles. The summed E-state index contributed by atoms with van der Waals surface area (Å²) >= 11 is 0. The molecule has 1 saturated heterocycles. The second-order valence-corrected chi connectivity index (χ2v) is 3.81. The fraction of sp³-hybridized carbons (Fsp3) is 0.455. The van der Waals surface area contributed by atoms with Gasteiger partial charge in [-0.1, -0.05) is 12.1 Å². The van der Waals surface area contributed by atoms with Gasteiger partial charge in [0.25, 0.3) is 0 Å². The molecule has 1 aliphatic rings. The zero-order valence-electron chi connectivity index (χ0n) is 8.04. The van der Waals surface area contributed by atoms with E-state index in [0.29, 0.717) is 5.92 Å². The van der Waals surface area contributed by atoms with Gasteiger partial charge in [0.2, 0.25) is 0 Å². The van der Waals surface area contributed by atoms with Gasteiger partial charge in [0.15, 0.2) is 0 Å². The maximum atomic E-state index is 12.7. The van der Waals surface area contributed by atoms with Gasteiger partial charge < -0.3 is 11.1 Å². The standard InChI is InChI=1S/C11H15FN2/c12-9-3-1-8(2-4-9)10-7-14-6-5-11(10)13/h1-4,10-11,14H,5-7,13H2/t10-,11-/m1/s1. The summed E-state index contributed by atoms with van der Waals surface area (Å²) in [7, 11) is 0. The topological polar surface area (TPSA) is 38.0 Å². The van der Waals surface area contributed by atoms with E-state index in [1.165, 1.54) is 12.1 Å². The highest BCUT2D eigenvalue weighted by Crippen LogP contribution is 2.22. The summed E-state index contributed by atoms with van der Waals surface area (Å²) in [5.41, 5.74) is 7.15. The van der Waals surface area contributed by atoms with Crippen molar-refractivity contribution in [1.82, 2.24) is 5.32 Å². The molecule has 2 rings (SSSR count). The van der Waals surface area contributed by atoms with E-state index in [4.69, 9.17) is 5.73 Å². The summed E-state index contributed by atoms with van der Waals surface area (Å²) < 4.78 is 12.7. The smallest absolute Gasteiger partial charge is 0.123 e. The van der Waals surface area contributed by atoms with Crippen LogP contribution in [0.5, 0.6) is 0 Å². The first-order valence-electron chi connectivity index (χ1n) is 4.99. The molecule has 1 aromatic carbocycles. The van der Waals surface area contributed by atoms with Gasteiger partial charge in [0.1, 0.15) is 5.82 Å². The Morgan fingerprint density at radius 3 is 2.64 bits per heavy atom. The summed E-state index contributed by atoms with van der Waals surface area (Å²) in [4.78, 5) is 0. The van der Waals surface area contributed by atoms with Gasteiger partial charge >= 0.3 is 0 Å². The van der Waals surface area contributed by atoms with E-state index >= 15 is 0 Å². The minimum atomic E-state index is -0.189. The average Bonchev–Trinajstić information content (AvgIpc) is 2.20. The zero-order chi connectivity index (χ0) is 9.97. The molecular formula is C11H15FN2. The van der Waals surface area contributed by atoms with Crippen LogP contribution in [0.15, 0.2) is 24.3 Å². The van der Waals surface area contributed by atoms with E-state index in [9.17, 15) is 4.39 Å². The first kappa shape index (κ1) is 9.62. The van der Waals surface area contributed by atoms with Crippen LogP contribution in [0, 0.1) is 5.82 Å². The maximum absolute atomic E-state index is 12.7. The van der Waals surface area contributed by atoms with Crippen molar-refractivity contribution in [2.24, 2.45) is 5.73 Å². The first-order valence-corrected chi connectivity index (χ1v) is 4.99. The fourth-order valence-electron chi connectivity index (χ4n) is 1.95. The highest BCUT2D eigenvalue weighted by Gasteiger charge is 2.22. The van der Waals surface area contributed by atoms with Crippen molar-refractivity contribution in [3.63, 3.8) is 0 Å². The molecule has 1 aromatic rings. The predicted molar refractivity (Wildman–Crippen MR) is 54.6 cm³/mol. The molecule has 1 fully saturated rings. The van der Waals surface area contributed by atoms with Gasteiger partial charge in [-0.3, -0.25) is 0 Å². The molecule has 76 valence electrons. The number of nitrogens with two attached hydrogens (primary N) is 1. The van der Waals surface area contributed by atoms with Crippen molar-refractivity contribution in [1.29, 1.82) is 0 Å². The molecule has 3 N–H and O–H groups in total. The van der Waals surface area contributed by atoms with Gasteiger partial charge in [0, 0.05) is 18.5 Å². The van der Waals surface area contributed by atoms with Crippen LogP contribution in [0.25, 0.3) is 0 Å². The maximum Gasteiger partial charge on any atom is 0.123 e. The lowest BCUT2D eigenvalue weighted by molar-refractivity contribution is 0.402. The lowest BCUT2D eigenvalue weighted by Crippen LogP contribution is -2.43. The molecule has 0 bridgehead atoms. The Morgan fingerprint density at radius 2 is 2.00 bits per heavy atom. The number of benzene rings is 1. The molecule has 3 heteroatoms. The quantitative estimate of drug-likeness (QED) is 0.705. The fourth-order valence-corrected chi connectivity index (χ4v) is 1.95. The SMILES string of the molecule is N[C@@H]1CCNC[C@@H]1c1ccc(F)cc1. The third-order valence-corrected chi connectivity index (χ3v) is 2.83. The van der Waals surface area contributed by atoms with Crippen LogP contribution in [-0.4, -0.2) is 19.1 Å². The molecule has 1 aliphatic heterocycles. The molecule has 2 nitrogen and oxygen atoms in total. The van der Waals surface area contributed by atoms with Gasteiger partial charge in [0.05, 0.1) is 0 Å². The Bertz CT molecular complexity index is 297. The Morgan fingerprint density at radius 1 is 1.29 bits per heavy atom. The van der Waals surface area contributed by atoms with E-state index in [1.54, 1.807) is 0 Å². The normalized spacial score (nSPS) is 27.6. The van der Waals surface area contributed by atoms with E-state index in [1.807, 2.05) is 12.1 Å². The van der Waals surface area contributed by atoms with Gasteiger partial charge in [-0.25, -0.2) is 4.39 Å². The lowest BCUT2D eigenvalue weighted by Gasteiger charge is -2.29. The molecule has 2 atom stereocenters. The predicted octanol–water partition coefficient (Wildman–Crippen LogP) is 1.23. The molecule has 0 aliphatic carbocycles. The van der Waals surface area contributed by atoms with Crippen molar-refractivity contribution in [2.75, 3.05) is 13.1 Å². The molecule has 14 heavy (non-hydrogen) atoms. The third kappa shape index (κ3) is 1.94. The average molecular weight is 194 g/mol. The van der Waals surface area contributed by atoms with Crippen molar-refractivity contribution in [3.05, 3.63) is 35.6 Å². The molecule has 1 heterocycles. The summed E-state index contributed by atoms with van der Waals surface area (Å²) in [5, 5.41) is 3.30. The van der Waals surface area contributed by atoms with Crippen LogP contribution in [0.4, 0.5) is 4.39 Å². The zero-order valence-corrected chi connectivity index (χ0v) is 8.04. The van der Waals surface area contributed by atoms with Crippen molar-refractivity contribution in [2.45, 2.75) is 18.4 Å². The number of nitrogens with one attached hydrogen (secondary N) is 1. The molecule has 0 aromatic heterocycles. The van der Waals surface area contributed by atoms with Gasteiger partial charge in [-0.05, 0) is 30.7 Å². The van der Waals surface area contributed by atoms with E-state index in [-0.39, 0.29) is 11.9 Å². The summed E-state index contributed by atoms with van der Waals surface area (Å²) in [6.07, 6.45) is 0.988. The van der Waals surface area contributed by atoms with Crippen LogP contribution in [-0.2, 0) is 0 Å². The van der Waals surface area contributed by atoms with E-state index < -0.39 is 0 Å². The lowest BCUT2D eigenvalue weighted by atomic mass is 9.87. The van der Waals surface area contributed by atoms with Crippen LogP contribution < -0.4 is 11.1 Å². The van der Waals surface area contributed by atoms with Crippen molar-refractivity contribution >= 4 is 0 Å². The third-order valence-electron chi connectivity index (χ3n) is 2.83. The Kier molecular flexibility index (Phi) is 2.79. The molecule has 0 radical (unpaired) electrons. The van der Waals surface area contributed by atoms with Crippen molar-refractivity contribution in [3.8, 4) is 0 Å². The second-order valence-electron chi connectivity index (χ2n) is 3.81. The number of hydrogen-bond donors (Lipinski definition) is 2. The highest BCUT2D eigenvalue weighted by atomic mass is 19.1. The van der Waals surface area contributed by atoms with Crippen LogP contribution >= 0.6 is 0 Å². The van der Waals surface area contributed by atoms with Crippen LogP contribution in [0.3, 0.4) is 0 Å². The summed E-state index contributed by atoms with van der Waals surface area (Å²) in [6, 6.07) is 6.84. The first-order chi connectivity index (χ1) is 6.77. The molecule has 0 amide bonds. The van der Waals surface area contributed by atoms with E-state index in [2.05, 4.69) is 5.32 Å². The number of piperidine rings is 1. The van der Waals surface area contributed by atoms with E-state index in [0.717, 1.165) is 25.1 Å². The number of hydrogen-bond acceptors (Lipinski definition) is 2. The van der Waals surface area contributed by atoms with Crippen molar-refractivity contribution < 1.29 is 4.39 Å². The summed E-state index contributed by atoms with van der Waals surface area (Å²) in [6.45, 7) is 1.88. The Balaban J connectivity index is 2.16. The Hall–Kier alpha value is -0.930.